The van der Waals surface area contributed by atoms with Crippen LogP contribution in [-0.4, -0.2) is 15.0 Å². The third-order valence-corrected chi connectivity index (χ3v) is 11.0. The Bertz CT molecular complexity index is 3520. The molecule has 0 bridgehead atoms. The maximum Gasteiger partial charge on any atom is 0.164 e. The smallest absolute Gasteiger partial charge is 0.164 e. The van der Waals surface area contributed by atoms with E-state index in [1.807, 2.05) is 72.8 Å². The Morgan fingerprint density at radius 2 is 0.754 bits per heavy atom. The number of fused-ring (bicyclic) bond motifs is 9. The van der Waals surface area contributed by atoms with Crippen LogP contribution < -0.4 is 0 Å². The highest BCUT2D eigenvalue weighted by atomic mass is 16.3. The number of hydrogen-bond donors (Lipinski definition) is 0. The van der Waals surface area contributed by atoms with E-state index in [2.05, 4.69) is 103 Å². The second-order valence-electron chi connectivity index (χ2n) is 14.4. The Balaban J connectivity index is 0.989. The molecule has 0 aliphatic rings. The number of benzene rings is 8. The summed E-state index contributed by atoms with van der Waals surface area (Å²) < 4.78 is 18.9. The summed E-state index contributed by atoms with van der Waals surface area (Å²) >= 11 is 0. The van der Waals surface area contributed by atoms with Crippen molar-refractivity contribution in [3.63, 3.8) is 0 Å². The van der Waals surface area contributed by atoms with Gasteiger partial charge in [-0.1, -0.05) is 121 Å². The number of nitrogens with zero attached hydrogens (tertiary/aromatic N) is 3. The average molecular weight is 732 g/mol. The van der Waals surface area contributed by atoms with Gasteiger partial charge in [0.15, 0.2) is 17.5 Å². The monoisotopic (exact) mass is 731 g/mol. The van der Waals surface area contributed by atoms with Crippen LogP contribution in [0.2, 0.25) is 0 Å². The van der Waals surface area contributed by atoms with Gasteiger partial charge in [0.25, 0.3) is 0 Å². The second-order valence-corrected chi connectivity index (χ2v) is 14.4. The van der Waals surface area contributed by atoms with Crippen LogP contribution in [0, 0.1) is 0 Å². The first-order chi connectivity index (χ1) is 28.2. The highest BCUT2D eigenvalue weighted by molar-refractivity contribution is 6.13. The van der Waals surface area contributed by atoms with Crippen LogP contribution in [0.25, 0.3) is 122 Å². The average Bonchev–Trinajstić information content (AvgIpc) is 3.97. The topological polar surface area (TPSA) is 78.1 Å². The molecule has 12 aromatic rings. The fourth-order valence-corrected chi connectivity index (χ4v) is 8.17. The lowest BCUT2D eigenvalue weighted by Gasteiger charge is -2.09. The molecule has 0 aliphatic carbocycles. The van der Waals surface area contributed by atoms with Gasteiger partial charge in [0, 0.05) is 49.0 Å². The lowest BCUT2D eigenvalue weighted by molar-refractivity contribution is 0.668. The molecule has 4 heterocycles. The molecule has 6 nitrogen and oxygen atoms in total. The zero-order valence-electron chi connectivity index (χ0n) is 30.3. The predicted molar refractivity (Wildman–Crippen MR) is 229 cm³/mol. The molecule has 6 heteroatoms. The Kier molecular flexibility index (Phi) is 6.83. The Morgan fingerprint density at radius 1 is 0.263 bits per heavy atom. The predicted octanol–water partition coefficient (Wildman–Crippen LogP) is 13.9. The van der Waals surface area contributed by atoms with E-state index in [0.717, 1.165) is 105 Å². The molecule has 0 radical (unpaired) electrons. The molecule has 57 heavy (non-hydrogen) atoms. The van der Waals surface area contributed by atoms with Gasteiger partial charge >= 0.3 is 0 Å². The van der Waals surface area contributed by atoms with Crippen molar-refractivity contribution in [2.24, 2.45) is 0 Å². The Hall–Kier alpha value is -7.83. The van der Waals surface area contributed by atoms with Crippen LogP contribution in [0.3, 0.4) is 0 Å². The molecule has 0 atom stereocenters. The summed E-state index contributed by atoms with van der Waals surface area (Å²) in [6.45, 7) is 0. The van der Waals surface area contributed by atoms with Gasteiger partial charge in [-0.15, -0.1) is 0 Å². The van der Waals surface area contributed by atoms with E-state index in [1.54, 1.807) is 0 Å². The number of rotatable bonds is 5. The summed E-state index contributed by atoms with van der Waals surface area (Å²) in [6, 6.07) is 60.0. The van der Waals surface area contributed by atoms with Gasteiger partial charge in [-0.05, 0) is 76.9 Å². The van der Waals surface area contributed by atoms with Gasteiger partial charge in [0.2, 0.25) is 0 Å². The molecule has 0 N–H and O–H groups in total. The fourth-order valence-electron chi connectivity index (χ4n) is 8.17. The van der Waals surface area contributed by atoms with Crippen molar-refractivity contribution < 1.29 is 13.3 Å². The van der Waals surface area contributed by atoms with E-state index in [9.17, 15) is 0 Å². The largest absolute Gasteiger partial charge is 0.456 e. The molecule has 0 unspecified atom stereocenters. The molecule has 0 saturated heterocycles. The third-order valence-electron chi connectivity index (χ3n) is 11.0. The van der Waals surface area contributed by atoms with E-state index in [0.29, 0.717) is 17.5 Å². The third kappa shape index (κ3) is 5.15. The van der Waals surface area contributed by atoms with E-state index in [-0.39, 0.29) is 0 Å². The van der Waals surface area contributed by atoms with Crippen LogP contribution in [0.15, 0.2) is 189 Å². The highest BCUT2D eigenvalue weighted by Gasteiger charge is 2.18. The van der Waals surface area contributed by atoms with Crippen LogP contribution in [0.4, 0.5) is 0 Å². The van der Waals surface area contributed by atoms with Crippen LogP contribution in [0.1, 0.15) is 0 Å². The molecule has 8 aromatic carbocycles. The first-order valence-electron chi connectivity index (χ1n) is 18.9. The van der Waals surface area contributed by atoms with Crippen molar-refractivity contribution in [1.82, 2.24) is 15.0 Å². The maximum atomic E-state index is 6.49. The SMILES string of the molecule is c1ccc(-c2cccc3oc4cc(-c5nc(-c6ccc(-c7ccc8oc9ccccc9c8c7)cc6)nc(-c6ccc7c(c6)oc6ccccc67)n5)ccc4c23)cc1. The van der Waals surface area contributed by atoms with E-state index in [1.165, 1.54) is 0 Å². The van der Waals surface area contributed by atoms with Crippen LogP contribution in [0.5, 0.6) is 0 Å². The van der Waals surface area contributed by atoms with E-state index in [4.69, 9.17) is 28.2 Å². The molecule has 0 fully saturated rings. The summed E-state index contributed by atoms with van der Waals surface area (Å²) in [5.41, 5.74) is 12.0. The van der Waals surface area contributed by atoms with Crippen molar-refractivity contribution >= 4 is 65.8 Å². The van der Waals surface area contributed by atoms with E-state index < -0.39 is 0 Å². The molecular formula is C51H29N3O3. The van der Waals surface area contributed by atoms with Gasteiger partial charge in [-0.3, -0.25) is 0 Å². The zero-order chi connectivity index (χ0) is 37.5. The first-order valence-corrected chi connectivity index (χ1v) is 18.9. The first kappa shape index (κ1) is 31.5. The van der Waals surface area contributed by atoms with Crippen LogP contribution in [-0.2, 0) is 0 Å². The summed E-state index contributed by atoms with van der Waals surface area (Å²) in [5, 5.41) is 6.45. The van der Waals surface area contributed by atoms with Crippen LogP contribution >= 0.6 is 0 Å². The van der Waals surface area contributed by atoms with Crippen molar-refractivity contribution in [2.75, 3.05) is 0 Å². The quantitative estimate of drug-likeness (QED) is 0.175. The minimum absolute atomic E-state index is 0.548. The number of furan rings is 3. The summed E-state index contributed by atoms with van der Waals surface area (Å²) in [4.78, 5) is 15.3. The minimum Gasteiger partial charge on any atom is -0.456 e. The molecule has 4 aromatic heterocycles. The maximum absolute atomic E-state index is 6.49. The van der Waals surface area contributed by atoms with Crippen molar-refractivity contribution in [1.29, 1.82) is 0 Å². The van der Waals surface area contributed by atoms with Gasteiger partial charge in [-0.2, -0.15) is 0 Å². The minimum atomic E-state index is 0.548. The van der Waals surface area contributed by atoms with Gasteiger partial charge in [0.05, 0.1) is 0 Å². The van der Waals surface area contributed by atoms with Crippen molar-refractivity contribution in [3.8, 4) is 56.4 Å². The van der Waals surface area contributed by atoms with E-state index >= 15 is 0 Å². The number of hydrogen-bond acceptors (Lipinski definition) is 6. The lowest BCUT2D eigenvalue weighted by atomic mass is 9.99. The number of para-hydroxylation sites is 2. The summed E-state index contributed by atoms with van der Waals surface area (Å²) in [5.74, 6) is 1.67. The summed E-state index contributed by atoms with van der Waals surface area (Å²) in [6.07, 6.45) is 0. The molecule has 0 saturated carbocycles. The molecule has 266 valence electrons. The lowest BCUT2D eigenvalue weighted by Crippen LogP contribution is -2.00. The molecular weight excluding hydrogens is 703 g/mol. The highest BCUT2D eigenvalue weighted by Crippen LogP contribution is 2.39. The molecule has 0 spiro atoms. The van der Waals surface area contributed by atoms with Gasteiger partial charge in [0.1, 0.15) is 33.5 Å². The zero-order valence-corrected chi connectivity index (χ0v) is 30.3. The Labute approximate surface area is 325 Å². The van der Waals surface area contributed by atoms with Gasteiger partial charge < -0.3 is 13.3 Å². The molecule has 12 rings (SSSR count). The van der Waals surface area contributed by atoms with Crippen molar-refractivity contribution in [2.45, 2.75) is 0 Å². The number of aromatic nitrogens is 3. The van der Waals surface area contributed by atoms with Gasteiger partial charge in [-0.25, -0.2) is 15.0 Å². The molecule has 0 aliphatic heterocycles. The fraction of sp³-hybridized carbons (Fsp3) is 0. The molecule has 0 amide bonds. The summed E-state index contributed by atoms with van der Waals surface area (Å²) in [7, 11) is 0. The standard InChI is InChI=1S/C51H29N3O3/c1-2-9-31(10-3-1)36-13-8-16-45-48(36)40-25-22-35(29-47(40)57-45)51-53-49(52-50(54-51)34-21-24-39-37-11-4-6-14-42(37)56-46(39)28-34)32-19-17-30(18-20-32)33-23-26-44-41(27-33)38-12-5-7-15-43(38)55-44/h1-29H. The second kappa shape index (κ2) is 12.3. The normalized spacial score (nSPS) is 11.9. The Morgan fingerprint density at radius 3 is 1.49 bits per heavy atom. The van der Waals surface area contributed by atoms with Crippen molar-refractivity contribution in [3.05, 3.63) is 176 Å².